The molecule has 1 fully saturated rings. The monoisotopic (exact) mass is 425 g/mol. The molecular weight excluding hydrogens is 397 g/mol. The van der Waals surface area contributed by atoms with Gasteiger partial charge in [0.05, 0.1) is 25.5 Å². The van der Waals surface area contributed by atoms with Crippen LogP contribution in [0.4, 0.5) is 4.39 Å². The normalized spacial score (nSPS) is 16.3. The van der Waals surface area contributed by atoms with E-state index in [1.807, 2.05) is 13.1 Å². The van der Waals surface area contributed by atoms with Crippen molar-refractivity contribution in [1.82, 2.24) is 19.9 Å². The summed E-state index contributed by atoms with van der Waals surface area (Å²) < 4.78 is 44.9. The van der Waals surface area contributed by atoms with Gasteiger partial charge in [-0.25, -0.2) is 12.8 Å². The second-order valence-electron chi connectivity index (χ2n) is 6.77. The Balaban J connectivity index is 1.53. The number of nitrogens with zero attached hydrogens (tertiary/aromatic N) is 2. The van der Waals surface area contributed by atoms with Gasteiger partial charge in [0, 0.05) is 43.3 Å². The number of aliphatic imine (C=N–C) groups is 1. The third-order valence-electron chi connectivity index (χ3n) is 4.74. The van der Waals surface area contributed by atoms with Gasteiger partial charge in [0.1, 0.15) is 5.82 Å². The summed E-state index contributed by atoms with van der Waals surface area (Å²) in [5.41, 5.74) is 1.91. The molecular formula is C19H28FN5O3S. The molecule has 1 aliphatic rings. The number of aromatic nitrogens is 1. The average Bonchev–Trinajstić information content (AvgIpc) is 3.10. The van der Waals surface area contributed by atoms with Gasteiger partial charge < -0.3 is 20.4 Å². The number of hydrogen-bond acceptors (Lipinski definition) is 4. The summed E-state index contributed by atoms with van der Waals surface area (Å²) in [6, 6.07) is 4.68. The minimum Gasteiger partial charge on any atom is -0.379 e. The fourth-order valence-electron chi connectivity index (χ4n) is 3.24. The van der Waals surface area contributed by atoms with Crippen molar-refractivity contribution in [2.24, 2.45) is 4.99 Å². The zero-order valence-electron chi connectivity index (χ0n) is 16.6. The third-order valence-corrected chi connectivity index (χ3v) is 6.59. The molecule has 0 amide bonds. The van der Waals surface area contributed by atoms with Crippen LogP contribution in [0.3, 0.4) is 0 Å². The van der Waals surface area contributed by atoms with E-state index in [4.69, 9.17) is 4.74 Å². The molecule has 3 rings (SSSR count). The Kier molecular flexibility index (Phi) is 7.45. The lowest BCUT2D eigenvalue weighted by Gasteiger charge is -2.25. The SMILES string of the molecule is CCNC(=NCCS(=O)(=O)N1CCOCC1)NCCc1c[nH]c2ccc(F)cc12. The van der Waals surface area contributed by atoms with Crippen LogP contribution in [0.2, 0.25) is 0 Å². The number of ether oxygens (including phenoxy) is 1. The molecule has 8 nitrogen and oxygen atoms in total. The molecule has 2 aromatic rings. The van der Waals surface area contributed by atoms with Crippen molar-refractivity contribution in [3.8, 4) is 0 Å². The molecule has 3 N–H and O–H groups in total. The summed E-state index contributed by atoms with van der Waals surface area (Å²) in [6.45, 7) is 5.04. The van der Waals surface area contributed by atoms with Crippen LogP contribution in [-0.2, 0) is 21.2 Å². The van der Waals surface area contributed by atoms with Gasteiger partial charge in [0.25, 0.3) is 0 Å². The predicted octanol–water partition coefficient (Wildman–Crippen LogP) is 1.07. The molecule has 0 unspecified atom stereocenters. The fourth-order valence-corrected chi connectivity index (χ4v) is 4.53. The second-order valence-corrected chi connectivity index (χ2v) is 8.86. The summed E-state index contributed by atoms with van der Waals surface area (Å²) in [4.78, 5) is 7.52. The van der Waals surface area contributed by atoms with Crippen LogP contribution in [-0.4, -0.2) is 75.4 Å². The van der Waals surface area contributed by atoms with Gasteiger partial charge in [-0.1, -0.05) is 0 Å². The van der Waals surface area contributed by atoms with E-state index in [1.54, 1.807) is 6.07 Å². The van der Waals surface area contributed by atoms with E-state index < -0.39 is 10.0 Å². The summed E-state index contributed by atoms with van der Waals surface area (Å²) in [6.07, 6.45) is 2.56. The maximum atomic E-state index is 13.5. The molecule has 0 bridgehead atoms. The van der Waals surface area contributed by atoms with Gasteiger partial charge >= 0.3 is 0 Å². The number of sulfonamides is 1. The molecule has 2 heterocycles. The van der Waals surface area contributed by atoms with E-state index in [1.165, 1.54) is 16.4 Å². The average molecular weight is 426 g/mol. The molecule has 160 valence electrons. The number of fused-ring (bicyclic) bond motifs is 1. The van der Waals surface area contributed by atoms with Gasteiger partial charge in [-0.15, -0.1) is 0 Å². The van der Waals surface area contributed by atoms with E-state index in [0.29, 0.717) is 51.8 Å². The van der Waals surface area contributed by atoms with E-state index in [2.05, 4.69) is 20.6 Å². The van der Waals surface area contributed by atoms with Crippen LogP contribution in [0, 0.1) is 5.82 Å². The van der Waals surface area contributed by atoms with Crippen molar-refractivity contribution in [1.29, 1.82) is 0 Å². The highest BCUT2D eigenvalue weighted by Gasteiger charge is 2.23. The molecule has 0 atom stereocenters. The molecule has 1 aromatic heterocycles. The molecule has 1 aromatic carbocycles. The molecule has 1 aliphatic heterocycles. The Hall–Kier alpha value is -2.17. The Morgan fingerprint density at radius 1 is 1.31 bits per heavy atom. The van der Waals surface area contributed by atoms with Crippen molar-refractivity contribution in [2.45, 2.75) is 13.3 Å². The van der Waals surface area contributed by atoms with Crippen LogP contribution in [0.5, 0.6) is 0 Å². The largest absolute Gasteiger partial charge is 0.379 e. The number of benzene rings is 1. The number of aromatic amines is 1. The third kappa shape index (κ3) is 5.91. The summed E-state index contributed by atoms with van der Waals surface area (Å²) in [7, 11) is -3.33. The molecule has 0 spiro atoms. The molecule has 0 saturated carbocycles. The van der Waals surface area contributed by atoms with E-state index in [9.17, 15) is 12.8 Å². The summed E-state index contributed by atoms with van der Waals surface area (Å²) in [5.74, 6) is 0.268. The lowest BCUT2D eigenvalue weighted by atomic mass is 10.1. The topological polar surface area (TPSA) is 98.8 Å². The van der Waals surface area contributed by atoms with Crippen molar-refractivity contribution in [2.75, 3.05) is 51.7 Å². The minimum atomic E-state index is -3.33. The first-order chi connectivity index (χ1) is 14.0. The molecule has 0 aliphatic carbocycles. The molecule has 1 saturated heterocycles. The van der Waals surface area contributed by atoms with Gasteiger partial charge in [0.15, 0.2) is 5.96 Å². The second kappa shape index (κ2) is 10.0. The maximum Gasteiger partial charge on any atom is 0.216 e. The van der Waals surface area contributed by atoms with Gasteiger partial charge in [-0.2, -0.15) is 4.31 Å². The number of morpholine rings is 1. The van der Waals surface area contributed by atoms with Gasteiger partial charge in [-0.05, 0) is 37.1 Å². The van der Waals surface area contributed by atoms with E-state index in [0.717, 1.165) is 16.5 Å². The van der Waals surface area contributed by atoms with Crippen LogP contribution in [0.25, 0.3) is 10.9 Å². The smallest absolute Gasteiger partial charge is 0.216 e. The summed E-state index contributed by atoms with van der Waals surface area (Å²) >= 11 is 0. The highest BCUT2D eigenvalue weighted by molar-refractivity contribution is 7.89. The van der Waals surface area contributed by atoms with Crippen molar-refractivity contribution < 1.29 is 17.5 Å². The van der Waals surface area contributed by atoms with Crippen molar-refractivity contribution >= 4 is 26.9 Å². The first-order valence-corrected chi connectivity index (χ1v) is 11.4. The summed E-state index contributed by atoms with van der Waals surface area (Å²) in [5, 5.41) is 7.19. The first kappa shape index (κ1) is 21.5. The van der Waals surface area contributed by atoms with Crippen LogP contribution in [0.15, 0.2) is 29.4 Å². The molecule has 10 heteroatoms. The maximum absolute atomic E-state index is 13.5. The number of H-pyrrole nitrogens is 1. The van der Waals surface area contributed by atoms with Crippen LogP contribution < -0.4 is 10.6 Å². The lowest BCUT2D eigenvalue weighted by Crippen LogP contribution is -2.42. The number of hydrogen-bond donors (Lipinski definition) is 3. The molecule has 0 radical (unpaired) electrons. The zero-order chi connectivity index (χ0) is 20.7. The van der Waals surface area contributed by atoms with E-state index >= 15 is 0 Å². The van der Waals surface area contributed by atoms with E-state index in [-0.39, 0.29) is 18.1 Å². The Bertz CT molecular complexity index is 938. The van der Waals surface area contributed by atoms with Crippen LogP contribution in [0.1, 0.15) is 12.5 Å². The Morgan fingerprint density at radius 2 is 2.10 bits per heavy atom. The molecule has 29 heavy (non-hydrogen) atoms. The number of rotatable bonds is 8. The number of guanidine groups is 1. The standard InChI is InChI=1S/C19H28FN5O3S/c1-2-21-19(23-7-12-29(26,27)25-8-10-28-11-9-25)22-6-5-15-14-24-18-4-3-16(20)13-17(15)18/h3-4,13-14,24H,2,5-12H2,1H3,(H2,21,22,23). The van der Waals surface area contributed by atoms with Crippen molar-refractivity contribution in [3.05, 3.63) is 35.8 Å². The van der Waals surface area contributed by atoms with Crippen LogP contribution >= 0.6 is 0 Å². The lowest BCUT2D eigenvalue weighted by molar-refractivity contribution is 0.0731. The Labute approximate surface area is 170 Å². The van der Waals surface area contributed by atoms with Gasteiger partial charge in [-0.3, -0.25) is 4.99 Å². The van der Waals surface area contributed by atoms with Crippen molar-refractivity contribution in [3.63, 3.8) is 0 Å². The quantitative estimate of drug-likeness (QED) is 0.434. The fraction of sp³-hybridized carbons (Fsp3) is 0.526. The Morgan fingerprint density at radius 3 is 2.86 bits per heavy atom. The zero-order valence-corrected chi connectivity index (χ0v) is 17.4. The highest BCUT2D eigenvalue weighted by Crippen LogP contribution is 2.19. The minimum absolute atomic E-state index is 0.0364. The number of nitrogens with one attached hydrogen (secondary N) is 3. The van der Waals surface area contributed by atoms with Gasteiger partial charge in [0.2, 0.25) is 10.0 Å². The number of halogens is 1. The predicted molar refractivity (Wildman–Crippen MR) is 112 cm³/mol. The first-order valence-electron chi connectivity index (χ1n) is 9.83. The highest BCUT2D eigenvalue weighted by atomic mass is 32.2.